The molecule has 0 heterocycles. The Kier molecular flexibility index (Phi) is 3.13. The molecule has 0 spiro atoms. The summed E-state index contributed by atoms with van der Waals surface area (Å²) in [4.78, 5) is 10.9. The normalized spacial score (nSPS) is 25.2. The summed E-state index contributed by atoms with van der Waals surface area (Å²) >= 11 is 0. The zero-order valence-corrected chi connectivity index (χ0v) is 9.10. The van der Waals surface area contributed by atoms with Gasteiger partial charge in [0.05, 0.1) is 5.92 Å². The maximum absolute atomic E-state index is 10.9. The fraction of sp³-hybridized carbons (Fsp3) is 0.462. The largest absolute Gasteiger partial charge is 0.508 e. The van der Waals surface area contributed by atoms with Crippen molar-refractivity contribution in [1.29, 1.82) is 0 Å². The Hall–Kier alpha value is -1.51. The summed E-state index contributed by atoms with van der Waals surface area (Å²) in [5, 5.41) is 18.4. The van der Waals surface area contributed by atoms with Crippen molar-refractivity contribution in [1.82, 2.24) is 0 Å². The number of phenols is 1. The highest BCUT2D eigenvalue weighted by Gasteiger charge is 2.27. The molecule has 2 unspecified atom stereocenters. The Balaban J connectivity index is 2.12. The van der Waals surface area contributed by atoms with E-state index in [1.54, 1.807) is 12.1 Å². The van der Waals surface area contributed by atoms with Crippen LogP contribution in [0.4, 0.5) is 0 Å². The minimum atomic E-state index is -0.690. The third kappa shape index (κ3) is 2.35. The van der Waals surface area contributed by atoms with Crippen molar-refractivity contribution in [2.45, 2.75) is 31.6 Å². The number of hydrogen-bond acceptors (Lipinski definition) is 2. The van der Waals surface area contributed by atoms with Gasteiger partial charge in [0, 0.05) is 0 Å². The van der Waals surface area contributed by atoms with Gasteiger partial charge in [0.2, 0.25) is 0 Å². The molecule has 0 radical (unpaired) electrons. The van der Waals surface area contributed by atoms with E-state index in [0.29, 0.717) is 6.42 Å². The molecule has 1 aromatic rings. The molecule has 0 aliphatic heterocycles. The van der Waals surface area contributed by atoms with Crippen LogP contribution >= 0.6 is 0 Å². The van der Waals surface area contributed by atoms with E-state index in [9.17, 15) is 9.90 Å². The van der Waals surface area contributed by atoms with Crippen molar-refractivity contribution >= 4 is 5.97 Å². The number of rotatable bonds is 2. The van der Waals surface area contributed by atoms with Crippen LogP contribution in [0.2, 0.25) is 0 Å². The van der Waals surface area contributed by atoms with Gasteiger partial charge in [-0.05, 0) is 42.9 Å². The molecule has 2 rings (SSSR count). The highest BCUT2D eigenvalue weighted by molar-refractivity contribution is 5.70. The monoisotopic (exact) mass is 220 g/mol. The van der Waals surface area contributed by atoms with Crippen molar-refractivity contribution < 1.29 is 15.0 Å². The Morgan fingerprint density at radius 3 is 2.81 bits per heavy atom. The van der Waals surface area contributed by atoms with Gasteiger partial charge in [-0.1, -0.05) is 18.6 Å². The lowest BCUT2D eigenvalue weighted by Gasteiger charge is -2.26. The number of carboxylic acid groups (broad SMARTS) is 1. The van der Waals surface area contributed by atoms with E-state index >= 15 is 0 Å². The first-order valence-electron chi connectivity index (χ1n) is 5.68. The van der Waals surface area contributed by atoms with Crippen LogP contribution < -0.4 is 0 Å². The van der Waals surface area contributed by atoms with E-state index in [0.717, 1.165) is 24.8 Å². The molecule has 3 nitrogen and oxygen atoms in total. The van der Waals surface area contributed by atoms with Gasteiger partial charge in [0.25, 0.3) is 0 Å². The van der Waals surface area contributed by atoms with Crippen molar-refractivity contribution in [3.05, 3.63) is 29.8 Å². The van der Waals surface area contributed by atoms with Gasteiger partial charge in [-0.3, -0.25) is 4.79 Å². The SMILES string of the molecule is O=C(O)C1CCCC(c2cccc(O)c2)C1. The first kappa shape index (κ1) is 11.0. The molecule has 0 amide bonds. The molecule has 0 aromatic heterocycles. The Labute approximate surface area is 94.7 Å². The van der Waals surface area contributed by atoms with Crippen molar-refractivity contribution in [3.63, 3.8) is 0 Å². The molecule has 0 bridgehead atoms. The second-order valence-electron chi connectivity index (χ2n) is 4.49. The summed E-state index contributed by atoms with van der Waals surface area (Å²) in [6.07, 6.45) is 3.45. The lowest BCUT2D eigenvalue weighted by atomic mass is 9.78. The number of benzene rings is 1. The van der Waals surface area contributed by atoms with Crippen LogP contribution in [-0.2, 0) is 4.79 Å². The van der Waals surface area contributed by atoms with Crippen LogP contribution in [0.15, 0.2) is 24.3 Å². The molecule has 86 valence electrons. The average molecular weight is 220 g/mol. The van der Waals surface area contributed by atoms with Crippen LogP contribution in [0.5, 0.6) is 5.75 Å². The quantitative estimate of drug-likeness (QED) is 0.805. The lowest BCUT2D eigenvalue weighted by Crippen LogP contribution is -2.21. The van der Waals surface area contributed by atoms with E-state index in [2.05, 4.69) is 0 Å². The molecule has 1 saturated carbocycles. The Bertz CT molecular complexity index is 387. The predicted octanol–water partition coefficient (Wildman–Crippen LogP) is 2.75. The van der Waals surface area contributed by atoms with Gasteiger partial charge in [-0.15, -0.1) is 0 Å². The molecular formula is C13H16O3. The van der Waals surface area contributed by atoms with Crippen LogP contribution in [-0.4, -0.2) is 16.2 Å². The van der Waals surface area contributed by atoms with Crippen LogP contribution in [0.1, 0.15) is 37.2 Å². The fourth-order valence-corrected chi connectivity index (χ4v) is 2.50. The molecule has 2 atom stereocenters. The third-order valence-electron chi connectivity index (χ3n) is 3.37. The van der Waals surface area contributed by atoms with Gasteiger partial charge in [0.15, 0.2) is 0 Å². The average Bonchev–Trinajstić information content (AvgIpc) is 2.29. The number of hydrogen-bond donors (Lipinski definition) is 2. The Morgan fingerprint density at radius 2 is 2.12 bits per heavy atom. The second kappa shape index (κ2) is 4.56. The molecule has 1 aliphatic rings. The minimum absolute atomic E-state index is 0.221. The standard InChI is InChI=1S/C13H16O3/c14-12-6-2-4-10(8-12)9-3-1-5-11(7-9)13(15)16/h2,4,6,8-9,11,14H,1,3,5,7H2,(H,15,16). The van der Waals surface area contributed by atoms with Gasteiger partial charge in [0.1, 0.15) is 5.75 Å². The molecule has 3 heteroatoms. The summed E-state index contributed by atoms with van der Waals surface area (Å²) in [5.74, 6) is -0.372. The van der Waals surface area contributed by atoms with E-state index in [4.69, 9.17) is 5.11 Å². The van der Waals surface area contributed by atoms with Crippen molar-refractivity contribution in [3.8, 4) is 5.75 Å². The fourth-order valence-electron chi connectivity index (χ4n) is 2.50. The second-order valence-corrected chi connectivity index (χ2v) is 4.49. The van der Waals surface area contributed by atoms with Crippen molar-refractivity contribution in [2.75, 3.05) is 0 Å². The number of phenolic OH excluding ortho intramolecular Hbond substituents is 1. The number of aromatic hydroxyl groups is 1. The first-order valence-corrected chi connectivity index (χ1v) is 5.68. The van der Waals surface area contributed by atoms with Crippen molar-refractivity contribution in [2.24, 2.45) is 5.92 Å². The van der Waals surface area contributed by atoms with Gasteiger partial charge in [-0.2, -0.15) is 0 Å². The van der Waals surface area contributed by atoms with E-state index in [1.165, 1.54) is 0 Å². The van der Waals surface area contributed by atoms with E-state index in [1.807, 2.05) is 12.1 Å². The maximum Gasteiger partial charge on any atom is 0.306 e. The summed E-state index contributed by atoms with van der Waals surface area (Å²) in [5.41, 5.74) is 1.06. The maximum atomic E-state index is 10.9. The summed E-state index contributed by atoms with van der Waals surface area (Å²) in [7, 11) is 0. The molecule has 16 heavy (non-hydrogen) atoms. The summed E-state index contributed by atoms with van der Waals surface area (Å²) < 4.78 is 0. The zero-order valence-electron chi connectivity index (χ0n) is 9.10. The molecule has 1 fully saturated rings. The topological polar surface area (TPSA) is 57.5 Å². The van der Waals surface area contributed by atoms with Gasteiger partial charge >= 0.3 is 5.97 Å². The molecule has 1 aliphatic carbocycles. The van der Waals surface area contributed by atoms with E-state index in [-0.39, 0.29) is 17.6 Å². The van der Waals surface area contributed by atoms with Crippen LogP contribution in [0.25, 0.3) is 0 Å². The Morgan fingerprint density at radius 1 is 1.31 bits per heavy atom. The molecular weight excluding hydrogens is 204 g/mol. The van der Waals surface area contributed by atoms with Gasteiger partial charge < -0.3 is 10.2 Å². The number of carbonyl (C=O) groups is 1. The summed E-state index contributed by atoms with van der Waals surface area (Å²) in [6.45, 7) is 0. The molecule has 0 saturated heterocycles. The number of aliphatic carboxylic acids is 1. The first-order chi connectivity index (χ1) is 7.66. The highest BCUT2D eigenvalue weighted by atomic mass is 16.4. The van der Waals surface area contributed by atoms with E-state index < -0.39 is 5.97 Å². The smallest absolute Gasteiger partial charge is 0.306 e. The van der Waals surface area contributed by atoms with Gasteiger partial charge in [-0.25, -0.2) is 0 Å². The van der Waals surface area contributed by atoms with Crippen LogP contribution in [0, 0.1) is 5.92 Å². The minimum Gasteiger partial charge on any atom is -0.508 e. The summed E-state index contributed by atoms with van der Waals surface area (Å²) in [6, 6.07) is 7.17. The predicted molar refractivity (Wildman–Crippen MR) is 60.4 cm³/mol. The lowest BCUT2D eigenvalue weighted by molar-refractivity contribution is -0.142. The highest BCUT2D eigenvalue weighted by Crippen LogP contribution is 2.37. The zero-order chi connectivity index (χ0) is 11.5. The molecule has 2 N–H and O–H groups in total. The van der Waals surface area contributed by atoms with Crippen LogP contribution in [0.3, 0.4) is 0 Å². The number of carboxylic acids is 1. The third-order valence-corrected chi connectivity index (χ3v) is 3.37. The molecule has 1 aromatic carbocycles.